The lowest BCUT2D eigenvalue weighted by Gasteiger charge is -2.38. The van der Waals surface area contributed by atoms with E-state index in [0.29, 0.717) is 50.1 Å². The zero-order chi connectivity index (χ0) is 22.5. The SMILES string of the molecule is O=C(c1ccc2cn[nH]c2c1)N1CCC2(CC1)CC(=O)N(c1ccc(C(F)(F)F)cc1)C2. The van der Waals surface area contributed by atoms with Gasteiger partial charge in [-0.3, -0.25) is 14.7 Å². The van der Waals surface area contributed by atoms with Crippen molar-refractivity contribution in [3.05, 3.63) is 59.8 Å². The van der Waals surface area contributed by atoms with Crippen LogP contribution in [-0.2, 0) is 11.0 Å². The molecule has 1 spiro atoms. The van der Waals surface area contributed by atoms with E-state index in [1.54, 1.807) is 28.1 Å². The number of halogens is 3. The summed E-state index contributed by atoms with van der Waals surface area (Å²) < 4.78 is 38.5. The molecule has 2 aliphatic rings. The van der Waals surface area contributed by atoms with E-state index < -0.39 is 11.7 Å². The molecule has 5 rings (SSSR count). The summed E-state index contributed by atoms with van der Waals surface area (Å²) in [7, 11) is 0. The smallest absolute Gasteiger partial charge is 0.339 e. The molecular weight excluding hydrogens is 421 g/mol. The summed E-state index contributed by atoms with van der Waals surface area (Å²) in [4.78, 5) is 29.0. The fraction of sp³-hybridized carbons (Fsp3) is 0.348. The number of H-pyrrole nitrogens is 1. The molecule has 0 radical (unpaired) electrons. The Hall–Kier alpha value is -3.36. The number of aromatic amines is 1. The van der Waals surface area contributed by atoms with Gasteiger partial charge in [0.15, 0.2) is 0 Å². The maximum atomic E-state index is 13.0. The van der Waals surface area contributed by atoms with E-state index in [2.05, 4.69) is 10.2 Å². The van der Waals surface area contributed by atoms with Crippen LogP contribution in [0.5, 0.6) is 0 Å². The van der Waals surface area contributed by atoms with Gasteiger partial charge in [-0.2, -0.15) is 18.3 Å². The quantitative estimate of drug-likeness (QED) is 0.646. The van der Waals surface area contributed by atoms with Crippen LogP contribution in [0.1, 0.15) is 35.2 Å². The zero-order valence-electron chi connectivity index (χ0n) is 17.2. The molecule has 0 aliphatic carbocycles. The first-order chi connectivity index (χ1) is 15.2. The number of fused-ring (bicyclic) bond motifs is 1. The van der Waals surface area contributed by atoms with Gasteiger partial charge >= 0.3 is 6.18 Å². The summed E-state index contributed by atoms with van der Waals surface area (Å²) in [5.41, 5.74) is 0.877. The predicted molar refractivity (Wildman–Crippen MR) is 112 cm³/mol. The standard InChI is InChI=1S/C23H21F3N4O2/c24-23(25,26)17-3-5-18(6-4-17)30-14-22(12-20(30)31)7-9-29(10-8-22)21(32)15-1-2-16-13-27-28-19(16)11-15/h1-6,11,13H,7-10,12,14H2,(H,27,28). The highest BCUT2D eigenvalue weighted by Gasteiger charge is 2.46. The Labute approximate surface area is 182 Å². The van der Waals surface area contributed by atoms with Gasteiger partial charge in [0, 0.05) is 48.1 Å². The summed E-state index contributed by atoms with van der Waals surface area (Å²) in [5, 5.41) is 7.78. The molecule has 2 saturated heterocycles. The van der Waals surface area contributed by atoms with Crippen LogP contribution in [0.15, 0.2) is 48.7 Å². The van der Waals surface area contributed by atoms with E-state index in [4.69, 9.17) is 0 Å². The summed E-state index contributed by atoms with van der Waals surface area (Å²) in [6.45, 7) is 1.53. The Bertz CT molecular complexity index is 1180. The number of hydrogen-bond acceptors (Lipinski definition) is 3. The first-order valence-electron chi connectivity index (χ1n) is 10.4. The number of likely N-dealkylation sites (tertiary alicyclic amines) is 1. The lowest BCUT2D eigenvalue weighted by Crippen LogP contribution is -2.44. The van der Waals surface area contributed by atoms with E-state index >= 15 is 0 Å². The van der Waals surface area contributed by atoms with Gasteiger partial charge in [0.05, 0.1) is 17.3 Å². The van der Waals surface area contributed by atoms with Gasteiger partial charge in [-0.15, -0.1) is 0 Å². The van der Waals surface area contributed by atoms with Crippen molar-refractivity contribution < 1.29 is 22.8 Å². The van der Waals surface area contributed by atoms with Gasteiger partial charge in [0.2, 0.25) is 5.91 Å². The van der Waals surface area contributed by atoms with Gasteiger partial charge in [-0.1, -0.05) is 6.07 Å². The van der Waals surface area contributed by atoms with Gasteiger partial charge in [-0.05, 0) is 49.2 Å². The molecular formula is C23H21F3N4O2. The Kier molecular flexibility index (Phi) is 4.72. The van der Waals surface area contributed by atoms with Crippen molar-refractivity contribution in [2.45, 2.75) is 25.4 Å². The van der Waals surface area contributed by atoms with Gasteiger partial charge in [-0.25, -0.2) is 0 Å². The van der Waals surface area contributed by atoms with Gasteiger partial charge in [0.1, 0.15) is 0 Å². The predicted octanol–water partition coefficient (Wildman–Crippen LogP) is 4.24. The number of nitrogens with zero attached hydrogens (tertiary/aromatic N) is 3. The van der Waals surface area contributed by atoms with Crippen LogP contribution >= 0.6 is 0 Å². The molecule has 6 nitrogen and oxygen atoms in total. The highest BCUT2D eigenvalue weighted by atomic mass is 19.4. The summed E-state index contributed by atoms with van der Waals surface area (Å²) in [6, 6.07) is 10.1. The number of hydrogen-bond donors (Lipinski definition) is 1. The van der Waals surface area contributed by atoms with Crippen molar-refractivity contribution in [3.63, 3.8) is 0 Å². The number of nitrogens with one attached hydrogen (secondary N) is 1. The first-order valence-corrected chi connectivity index (χ1v) is 10.4. The average Bonchev–Trinajstić information content (AvgIpc) is 3.37. The van der Waals surface area contributed by atoms with Crippen molar-refractivity contribution in [3.8, 4) is 0 Å². The third kappa shape index (κ3) is 3.61. The number of rotatable bonds is 2. The largest absolute Gasteiger partial charge is 0.416 e. The minimum absolute atomic E-state index is 0.0553. The van der Waals surface area contributed by atoms with Crippen LogP contribution < -0.4 is 4.90 Å². The Morgan fingerprint density at radius 3 is 2.47 bits per heavy atom. The van der Waals surface area contributed by atoms with Crippen LogP contribution in [0.4, 0.5) is 18.9 Å². The van der Waals surface area contributed by atoms with Crippen molar-refractivity contribution >= 4 is 28.4 Å². The monoisotopic (exact) mass is 442 g/mol. The number of aromatic nitrogens is 2. The van der Waals surface area contributed by atoms with E-state index in [9.17, 15) is 22.8 Å². The molecule has 2 fully saturated rings. The molecule has 1 aromatic heterocycles. The summed E-state index contributed by atoms with van der Waals surface area (Å²) in [5.74, 6) is -0.144. The van der Waals surface area contributed by atoms with E-state index in [1.165, 1.54) is 12.1 Å². The number of alkyl halides is 3. The number of amides is 2. The second-order valence-corrected chi connectivity index (χ2v) is 8.67. The Balaban J connectivity index is 1.26. The van der Waals surface area contributed by atoms with Crippen molar-refractivity contribution in [1.29, 1.82) is 0 Å². The normalized spacial score (nSPS) is 18.7. The third-order valence-corrected chi connectivity index (χ3v) is 6.63. The molecule has 2 aliphatic heterocycles. The molecule has 0 saturated carbocycles. The minimum Gasteiger partial charge on any atom is -0.339 e. The molecule has 0 unspecified atom stereocenters. The molecule has 32 heavy (non-hydrogen) atoms. The summed E-state index contributed by atoms with van der Waals surface area (Å²) in [6.07, 6.45) is -1.01. The molecule has 166 valence electrons. The highest BCUT2D eigenvalue weighted by molar-refractivity contribution is 5.98. The van der Waals surface area contributed by atoms with Crippen LogP contribution in [-0.4, -0.2) is 46.5 Å². The fourth-order valence-electron chi connectivity index (χ4n) is 4.73. The maximum absolute atomic E-state index is 13.0. The number of anilines is 1. The highest BCUT2D eigenvalue weighted by Crippen LogP contribution is 2.43. The van der Waals surface area contributed by atoms with Crippen LogP contribution in [0.25, 0.3) is 10.9 Å². The van der Waals surface area contributed by atoms with Crippen molar-refractivity contribution in [1.82, 2.24) is 15.1 Å². The number of benzene rings is 2. The molecule has 0 bridgehead atoms. The van der Waals surface area contributed by atoms with Crippen molar-refractivity contribution in [2.24, 2.45) is 5.41 Å². The van der Waals surface area contributed by atoms with E-state index in [1.807, 2.05) is 6.07 Å². The number of carbonyl (C=O) groups excluding carboxylic acids is 2. The Morgan fingerprint density at radius 1 is 1.06 bits per heavy atom. The van der Waals surface area contributed by atoms with Gasteiger partial charge in [0.25, 0.3) is 5.91 Å². The van der Waals surface area contributed by atoms with Crippen LogP contribution in [0, 0.1) is 5.41 Å². The number of piperidine rings is 1. The molecule has 3 aromatic rings. The molecule has 3 heterocycles. The molecule has 2 aromatic carbocycles. The van der Waals surface area contributed by atoms with E-state index in [-0.39, 0.29) is 17.2 Å². The number of carbonyl (C=O) groups is 2. The first kappa shape index (κ1) is 20.5. The van der Waals surface area contributed by atoms with E-state index in [0.717, 1.165) is 23.0 Å². The van der Waals surface area contributed by atoms with Crippen LogP contribution in [0.2, 0.25) is 0 Å². The topological polar surface area (TPSA) is 69.3 Å². The minimum atomic E-state index is -4.41. The Morgan fingerprint density at radius 2 is 1.78 bits per heavy atom. The molecule has 1 N–H and O–H groups in total. The third-order valence-electron chi connectivity index (χ3n) is 6.63. The fourth-order valence-corrected chi connectivity index (χ4v) is 4.73. The lowest BCUT2D eigenvalue weighted by atomic mass is 9.77. The van der Waals surface area contributed by atoms with Crippen molar-refractivity contribution in [2.75, 3.05) is 24.5 Å². The van der Waals surface area contributed by atoms with Crippen LogP contribution in [0.3, 0.4) is 0 Å². The second kappa shape index (κ2) is 7.36. The maximum Gasteiger partial charge on any atom is 0.416 e. The second-order valence-electron chi connectivity index (χ2n) is 8.67. The van der Waals surface area contributed by atoms with Gasteiger partial charge < -0.3 is 9.80 Å². The lowest BCUT2D eigenvalue weighted by molar-refractivity contribution is -0.137. The average molecular weight is 442 g/mol. The molecule has 2 amide bonds. The molecule has 9 heteroatoms. The molecule has 0 atom stereocenters. The summed E-state index contributed by atoms with van der Waals surface area (Å²) >= 11 is 0. The zero-order valence-corrected chi connectivity index (χ0v) is 17.2.